The number of hydrogen-bond acceptors (Lipinski definition) is 4. The zero-order valence-electron chi connectivity index (χ0n) is 15.1. The number of piperidine rings is 1. The van der Waals surface area contributed by atoms with Gasteiger partial charge in [-0.3, -0.25) is 14.2 Å². The van der Waals surface area contributed by atoms with Crippen LogP contribution in [0.2, 0.25) is 0 Å². The van der Waals surface area contributed by atoms with Crippen LogP contribution in [0.3, 0.4) is 0 Å². The predicted octanol–water partition coefficient (Wildman–Crippen LogP) is 1.20. The monoisotopic (exact) mass is 380 g/mol. The molecule has 0 saturated carbocycles. The standard InChI is InChI=1S/C18H24N4O3.ClH/c1-3-22-17(24)14-5-4-13(10-15(14)20-18(22)25)16(23)21-8-6-12(7-9-21)11-19-2;/h4-5,10,12,19H,3,6-9,11H2,1-2H3,(H,20,25);1H. The molecule has 0 spiro atoms. The lowest BCUT2D eigenvalue weighted by molar-refractivity contribution is 0.0691. The fraction of sp³-hybridized carbons (Fsp3) is 0.500. The van der Waals surface area contributed by atoms with Crippen LogP contribution in [0.25, 0.3) is 10.9 Å². The van der Waals surface area contributed by atoms with Crippen LogP contribution in [0.4, 0.5) is 0 Å². The number of nitrogens with one attached hydrogen (secondary N) is 2. The number of benzene rings is 1. The maximum atomic E-state index is 12.7. The molecular formula is C18H25ClN4O3. The first kappa shape index (κ1) is 20.2. The minimum Gasteiger partial charge on any atom is -0.339 e. The zero-order valence-corrected chi connectivity index (χ0v) is 15.9. The number of carbonyl (C=O) groups excluding carboxylic acids is 1. The highest BCUT2D eigenvalue weighted by Gasteiger charge is 2.23. The maximum Gasteiger partial charge on any atom is 0.328 e. The summed E-state index contributed by atoms with van der Waals surface area (Å²) in [4.78, 5) is 41.6. The molecule has 2 N–H and O–H groups in total. The van der Waals surface area contributed by atoms with Crippen molar-refractivity contribution in [1.82, 2.24) is 19.8 Å². The quantitative estimate of drug-likeness (QED) is 0.834. The molecule has 0 unspecified atom stereocenters. The van der Waals surface area contributed by atoms with Gasteiger partial charge >= 0.3 is 5.69 Å². The van der Waals surface area contributed by atoms with Crippen LogP contribution in [0.1, 0.15) is 30.1 Å². The van der Waals surface area contributed by atoms with Gasteiger partial charge in [-0.05, 0) is 57.5 Å². The largest absolute Gasteiger partial charge is 0.339 e. The van der Waals surface area contributed by atoms with Gasteiger partial charge in [0, 0.05) is 25.2 Å². The summed E-state index contributed by atoms with van der Waals surface area (Å²) in [6, 6.07) is 4.91. The number of aromatic nitrogens is 2. The Bertz CT molecular complexity index is 897. The van der Waals surface area contributed by atoms with Crippen molar-refractivity contribution in [3.63, 3.8) is 0 Å². The number of amides is 1. The highest BCUT2D eigenvalue weighted by atomic mass is 35.5. The minimum atomic E-state index is -0.447. The predicted molar refractivity (Wildman–Crippen MR) is 104 cm³/mol. The number of nitrogens with zero attached hydrogens (tertiary/aromatic N) is 2. The normalized spacial score (nSPS) is 15.1. The summed E-state index contributed by atoms with van der Waals surface area (Å²) >= 11 is 0. The number of hydrogen-bond donors (Lipinski definition) is 2. The number of fused-ring (bicyclic) bond motifs is 1. The van der Waals surface area contributed by atoms with Crippen molar-refractivity contribution in [2.24, 2.45) is 5.92 Å². The molecular weight excluding hydrogens is 356 g/mol. The Morgan fingerprint density at radius 1 is 1.27 bits per heavy atom. The summed E-state index contributed by atoms with van der Waals surface area (Å²) < 4.78 is 1.15. The summed E-state index contributed by atoms with van der Waals surface area (Å²) in [5, 5.41) is 3.61. The molecule has 3 rings (SSSR count). The highest BCUT2D eigenvalue weighted by Crippen LogP contribution is 2.19. The first-order chi connectivity index (χ1) is 12.0. The van der Waals surface area contributed by atoms with Crippen LogP contribution in [0.5, 0.6) is 0 Å². The minimum absolute atomic E-state index is 0. The molecule has 0 bridgehead atoms. The molecule has 7 nitrogen and oxygen atoms in total. The van der Waals surface area contributed by atoms with E-state index in [4.69, 9.17) is 0 Å². The third-order valence-electron chi connectivity index (χ3n) is 4.94. The third kappa shape index (κ3) is 3.83. The molecule has 1 aliphatic heterocycles. The SMILES string of the molecule is CCn1c(=O)[nH]c2cc(C(=O)N3CCC(CNC)CC3)ccc2c1=O.Cl. The van der Waals surface area contributed by atoms with Crippen LogP contribution < -0.4 is 16.6 Å². The molecule has 0 aliphatic carbocycles. The Balaban J connectivity index is 0.00000243. The summed E-state index contributed by atoms with van der Waals surface area (Å²) in [7, 11) is 1.94. The van der Waals surface area contributed by atoms with Crippen LogP contribution in [-0.2, 0) is 6.54 Å². The van der Waals surface area contributed by atoms with Crippen molar-refractivity contribution in [1.29, 1.82) is 0 Å². The average molecular weight is 381 g/mol. The van der Waals surface area contributed by atoms with Gasteiger partial charge in [-0.25, -0.2) is 4.79 Å². The molecule has 1 aromatic carbocycles. The number of aromatic amines is 1. The zero-order chi connectivity index (χ0) is 18.0. The second-order valence-corrected chi connectivity index (χ2v) is 6.53. The van der Waals surface area contributed by atoms with E-state index in [0.29, 0.717) is 28.9 Å². The fourth-order valence-corrected chi connectivity index (χ4v) is 3.49. The number of rotatable bonds is 4. The first-order valence-corrected chi connectivity index (χ1v) is 8.76. The Labute approximate surface area is 157 Å². The maximum absolute atomic E-state index is 12.7. The van der Waals surface area contributed by atoms with Crippen LogP contribution in [-0.4, -0.2) is 47.0 Å². The van der Waals surface area contributed by atoms with Crippen molar-refractivity contribution in [3.8, 4) is 0 Å². The second-order valence-electron chi connectivity index (χ2n) is 6.53. The lowest BCUT2D eigenvalue weighted by atomic mass is 9.96. The van der Waals surface area contributed by atoms with Gasteiger partial charge in [0.2, 0.25) is 0 Å². The molecule has 1 saturated heterocycles. The van der Waals surface area contributed by atoms with E-state index in [1.54, 1.807) is 25.1 Å². The smallest absolute Gasteiger partial charge is 0.328 e. The molecule has 1 amide bonds. The van der Waals surface area contributed by atoms with Gasteiger partial charge in [-0.1, -0.05) is 0 Å². The number of carbonyl (C=O) groups is 1. The highest BCUT2D eigenvalue weighted by molar-refractivity contribution is 5.97. The summed E-state index contributed by atoms with van der Waals surface area (Å²) in [5.74, 6) is 0.555. The second kappa shape index (κ2) is 8.51. The van der Waals surface area contributed by atoms with E-state index in [-0.39, 0.29) is 23.9 Å². The van der Waals surface area contributed by atoms with Crippen LogP contribution >= 0.6 is 12.4 Å². The Hall–Kier alpha value is -2.12. The molecule has 2 heterocycles. The molecule has 1 aromatic heterocycles. The fourth-order valence-electron chi connectivity index (χ4n) is 3.49. The van der Waals surface area contributed by atoms with E-state index in [0.717, 1.165) is 37.0 Å². The molecule has 8 heteroatoms. The van der Waals surface area contributed by atoms with Crippen molar-refractivity contribution in [2.45, 2.75) is 26.3 Å². The van der Waals surface area contributed by atoms with Crippen molar-refractivity contribution in [3.05, 3.63) is 44.6 Å². The van der Waals surface area contributed by atoms with Gasteiger partial charge in [0.15, 0.2) is 0 Å². The molecule has 2 aromatic rings. The Morgan fingerprint density at radius 3 is 2.58 bits per heavy atom. The van der Waals surface area contributed by atoms with Crippen molar-refractivity contribution >= 4 is 29.2 Å². The summed E-state index contributed by atoms with van der Waals surface area (Å²) in [6.07, 6.45) is 1.97. The van der Waals surface area contributed by atoms with Crippen LogP contribution in [0.15, 0.2) is 27.8 Å². The molecule has 1 fully saturated rings. The van der Waals surface area contributed by atoms with Gasteiger partial charge < -0.3 is 15.2 Å². The third-order valence-corrected chi connectivity index (χ3v) is 4.94. The van der Waals surface area contributed by atoms with Crippen molar-refractivity contribution in [2.75, 3.05) is 26.7 Å². The summed E-state index contributed by atoms with van der Waals surface area (Å²) in [6.45, 7) is 4.50. The lowest BCUT2D eigenvalue weighted by Gasteiger charge is -2.32. The van der Waals surface area contributed by atoms with Gasteiger partial charge in [-0.2, -0.15) is 0 Å². The van der Waals surface area contributed by atoms with Gasteiger partial charge in [-0.15, -0.1) is 12.4 Å². The topological polar surface area (TPSA) is 87.2 Å². The molecule has 1 aliphatic rings. The van der Waals surface area contributed by atoms with E-state index < -0.39 is 5.69 Å². The number of H-pyrrole nitrogens is 1. The Morgan fingerprint density at radius 2 is 1.96 bits per heavy atom. The molecule has 0 radical (unpaired) electrons. The van der Waals surface area contributed by atoms with Crippen molar-refractivity contribution < 1.29 is 4.79 Å². The van der Waals surface area contributed by atoms with E-state index in [2.05, 4.69) is 10.3 Å². The lowest BCUT2D eigenvalue weighted by Crippen LogP contribution is -2.40. The summed E-state index contributed by atoms with van der Waals surface area (Å²) in [5.41, 5.74) is 0.144. The van der Waals surface area contributed by atoms with E-state index >= 15 is 0 Å². The van der Waals surface area contributed by atoms with E-state index in [1.807, 2.05) is 11.9 Å². The van der Waals surface area contributed by atoms with E-state index in [1.165, 1.54) is 0 Å². The van der Waals surface area contributed by atoms with Gasteiger partial charge in [0.05, 0.1) is 10.9 Å². The number of halogens is 1. The van der Waals surface area contributed by atoms with Crippen LogP contribution in [0, 0.1) is 5.92 Å². The average Bonchev–Trinajstić information content (AvgIpc) is 2.62. The molecule has 0 atom stereocenters. The number of likely N-dealkylation sites (tertiary alicyclic amines) is 1. The van der Waals surface area contributed by atoms with E-state index in [9.17, 15) is 14.4 Å². The molecule has 142 valence electrons. The van der Waals surface area contributed by atoms with Gasteiger partial charge in [0.1, 0.15) is 0 Å². The van der Waals surface area contributed by atoms with Gasteiger partial charge in [0.25, 0.3) is 11.5 Å². The Kier molecular flexibility index (Phi) is 6.61. The molecule has 26 heavy (non-hydrogen) atoms. The first-order valence-electron chi connectivity index (χ1n) is 8.76.